The standard InChI is InChI=1S/C16H21N3O6/c1-11(15(22)24-2)19-14(21)9-17-13(20)8-18-16(23)25-10-12-6-4-3-5-7-12/h3-7,11H,8-10H2,1-2H3,(H,17,20)(H,18,23)(H,19,21)/t11-/m0/s1. The molecule has 3 amide bonds. The third-order valence-corrected chi connectivity index (χ3v) is 2.98. The number of hydrogen-bond donors (Lipinski definition) is 3. The minimum Gasteiger partial charge on any atom is -0.467 e. The largest absolute Gasteiger partial charge is 0.467 e. The number of benzene rings is 1. The van der Waals surface area contributed by atoms with E-state index in [0.29, 0.717) is 0 Å². The quantitative estimate of drug-likeness (QED) is 0.553. The lowest BCUT2D eigenvalue weighted by molar-refractivity contribution is -0.144. The zero-order chi connectivity index (χ0) is 18.7. The molecule has 9 heteroatoms. The number of carbonyl (C=O) groups is 4. The van der Waals surface area contributed by atoms with Crippen LogP contribution in [-0.2, 0) is 30.5 Å². The molecule has 0 heterocycles. The topological polar surface area (TPSA) is 123 Å². The van der Waals surface area contributed by atoms with Crippen LogP contribution in [0.4, 0.5) is 4.79 Å². The van der Waals surface area contributed by atoms with Gasteiger partial charge in [-0.1, -0.05) is 30.3 Å². The smallest absolute Gasteiger partial charge is 0.407 e. The number of rotatable bonds is 8. The number of alkyl carbamates (subject to hydrolysis) is 1. The van der Waals surface area contributed by atoms with Crippen molar-refractivity contribution in [3.63, 3.8) is 0 Å². The van der Waals surface area contributed by atoms with Crippen LogP contribution in [0.3, 0.4) is 0 Å². The molecule has 0 saturated carbocycles. The molecule has 0 unspecified atom stereocenters. The van der Waals surface area contributed by atoms with Gasteiger partial charge in [0, 0.05) is 0 Å². The summed E-state index contributed by atoms with van der Waals surface area (Å²) in [5.74, 6) is -1.72. The molecule has 9 nitrogen and oxygen atoms in total. The van der Waals surface area contributed by atoms with Gasteiger partial charge in [-0.3, -0.25) is 9.59 Å². The van der Waals surface area contributed by atoms with E-state index in [1.807, 2.05) is 18.2 Å². The second-order valence-electron chi connectivity index (χ2n) is 5.00. The van der Waals surface area contributed by atoms with Crippen LogP contribution in [0.2, 0.25) is 0 Å². The maximum atomic E-state index is 11.5. The molecule has 3 N–H and O–H groups in total. The Morgan fingerprint density at radius 3 is 2.28 bits per heavy atom. The molecule has 0 aliphatic rings. The Balaban J connectivity index is 2.18. The van der Waals surface area contributed by atoms with Crippen molar-refractivity contribution in [3.05, 3.63) is 35.9 Å². The summed E-state index contributed by atoms with van der Waals surface area (Å²) in [6.07, 6.45) is -0.747. The molecular formula is C16H21N3O6. The zero-order valence-corrected chi connectivity index (χ0v) is 14.0. The van der Waals surface area contributed by atoms with Crippen LogP contribution in [0.5, 0.6) is 0 Å². The van der Waals surface area contributed by atoms with E-state index in [1.165, 1.54) is 14.0 Å². The SMILES string of the molecule is COC(=O)[C@H](C)NC(=O)CNC(=O)CNC(=O)OCc1ccccc1. The lowest BCUT2D eigenvalue weighted by Crippen LogP contribution is -2.46. The summed E-state index contributed by atoms with van der Waals surface area (Å²) in [4.78, 5) is 45.7. The van der Waals surface area contributed by atoms with Crippen molar-refractivity contribution >= 4 is 23.9 Å². The van der Waals surface area contributed by atoms with E-state index in [4.69, 9.17) is 4.74 Å². The molecule has 0 aliphatic heterocycles. The van der Waals surface area contributed by atoms with Crippen LogP contribution in [0.1, 0.15) is 12.5 Å². The maximum absolute atomic E-state index is 11.5. The molecule has 1 rings (SSSR count). The molecule has 0 saturated heterocycles. The van der Waals surface area contributed by atoms with Crippen molar-refractivity contribution in [1.82, 2.24) is 16.0 Å². The fourth-order valence-corrected chi connectivity index (χ4v) is 1.70. The van der Waals surface area contributed by atoms with E-state index in [0.717, 1.165) is 5.56 Å². The lowest BCUT2D eigenvalue weighted by atomic mass is 10.2. The summed E-state index contributed by atoms with van der Waals surface area (Å²) in [5.41, 5.74) is 0.818. The molecule has 0 radical (unpaired) electrons. The highest BCUT2D eigenvalue weighted by molar-refractivity contribution is 5.89. The van der Waals surface area contributed by atoms with Crippen molar-refractivity contribution in [2.45, 2.75) is 19.6 Å². The molecule has 1 aromatic carbocycles. The van der Waals surface area contributed by atoms with Crippen molar-refractivity contribution in [1.29, 1.82) is 0 Å². The molecule has 1 aromatic rings. The highest BCUT2D eigenvalue weighted by Crippen LogP contribution is 2.00. The lowest BCUT2D eigenvalue weighted by Gasteiger charge is -2.12. The van der Waals surface area contributed by atoms with Crippen molar-refractivity contribution in [3.8, 4) is 0 Å². The summed E-state index contributed by atoms with van der Waals surface area (Å²) in [7, 11) is 1.20. The van der Waals surface area contributed by atoms with Gasteiger partial charge in [0.2, 0.25) is 11.8 Å². The van der Waals surface area contributed by atoms with Gasteiger partial charge in [-0.25, -0.2) is 9.59 Å². The van der Waals surface area contributed by atoms with Gasteiger partial charge >= 0.3 is 12.1 Å². The van der Waals surface area contributed by atoms with E-state index in [2.05, 4.69) is 20.7 Å². The third-order valence-electron chi connectivity index (χ3n) is 2.98. The Kier molecular flexibility index (Phi) is 8.48. The molecule has 0 aliphatic carbocycles. The first kappa shape index (κ1) is 19.9. The van der Waals surface area contributed by atoms with Crippen LogP contribution in [0.15, 0.2) is 30.3 Å². The van der Waals surface area contributed by atoms with Crippen LogP contribution >= 0.6 is 0 Å². The van der Waals surface area contributed by atoms with E-state index in [-0.39, 0.29) is 19.7 Å². The molecule has 136 valence electrons. The fourth-order valence-electron chi connectivity index (χ4n) is 1.70. The summed E-state index contributed by atoms with van der Waals surface area (Å²) < 4.78 is 9.39. The molecule has 0 bridgehead atoms. The second kappa shape index (κ2) is 10.6. The molecule has 25 heavy (non-hydrogen) atoms. The van der Waals surface area contributed by atoms with Crippen LogP contribution in [-0.4, -0.2) is 50.1 Å². The van der Waals surface area contributed by atoms with Crippen molar-refractivity contribution in [2.24, 2.45) is 0 Å². The van der Waals surface area contributed by atoms with Crippen LogP contribution in [0, 0.1) is 0 Å². The Hall–Kier alpha value is -3.10. The zero-order valence-electron chi connectivity index (χ0n) is 14.0. The Bertz CT molecular complexity index is 605. The summed E-state index contributed by atoms with van der Waals surface area (Å²) in [6, 6.07) is 8.25. The van der Waals surface area contributed by atoms with Gasteiger partial charge in [0.15, 0.2) is 0 Å². The summed E-state index contributed by atoms with van der Waals surface area (Å²) in [5, 5.41) is 6.92. The summed E-state index contributed by atoms with van der Waals surface area (Å²) in [6.45, 7) is 0.867. The van der Waals surface area contributed by atoms with E-state index < -0.39 is 29.9 Å². The minimum absolute atomic E-state index is 0.0854. The monoisotopic (exact) mass is 351 g/mol. The first-order chi connectivity index (χ1) is 11.9. The summed E-state index contributed by atoms with van der Waals surface area (Å²) >= 11 is 0. The first-order valence-corrected chi connectivity index (χ1v) is 7.50. The van der Waals surface area contributed by atoms with Gasteiger partial charge in [-0.2, -0.15) is 0 Å². The second-order valence-corrected chi connectivity index (χ2v) is 5.00. The van der Waals surface area contributed by atoms with Gasteiger partial charge in [-0.15, -0.1) is 0 Å². The van der Waals surface area contributed by atoms with Crippen LogP contribution < -0.4 is 16.0 Å². The number of hydrogen-bond acceptors (Lipinski definition) is 6. The molecule has 1 atom stereocenters. The molecule has 0 fully saturated rings. The van der Waals surface area contributed by atoms with Crippen molar-refractivity contribution in [2.75, 3.05) is 20.2 Å². The number of methoxy groups -OCH3 is 1. The fraction of sp³-hybridized carbons (Fsp3) is 0.375. The van der Waals surface area contributed by atoms with Gasteiger partial charge in [0.1, 0.15) is 19.2 Å². The Labute approximate surface area is 145 Å². The third kappa shape index (κ3) is 8.35. The number of nitrogens with one attached hydrogen (secondary N) is 3. The first-order valence-electron chi connectivity index (χ1n) is 7.50. The average molecular weight is 351 g/mol. The number of ether oxygens (including phenoxy) is 2. The van der Waals surface area contributed by atoms with Crippen LogP contribution in [0.25, 0.3) is 0 Å². The van der Waals surface area contributed by atoms with Gasteiger partial charge in [0.25, 0.3) is 0 Å². The Morgan fingerprint density at radius 2 is 1.64 bits per heavy atom. The highest BCUT2D eigenvalue weighted by atomic mass is 16.5. The predicted molar refractivity (Wildman–Crippen MR) is 87.3 cm³/mol. The minimum atomic E-state index is -0.819. The molecular weight excluding hydrogens is 330 g/mol. The maximum Gasteiger partial charge on any atom is 0.407 e. The molecule has 0 aromatic heterocycles. The van der Waals surface area contributed by atoms with Gasteiger partial charge in [0.05, 0.1) is 13.7 Å². The van der Waals surface area contributed by atoms with Gasteiger partial charge < -0.3 is 25.4 Å². The van der Waals surface area contributed by atoms with E-state index in [9.17, 15) is 19.2 Å². The average Bonchev–Trinajstić information content (AvgIpc) is 2.62. The number of amides is 3. The molecule has 0 spiro atoms. The Morgan fingerprint density at radius 1 is 1.00 bits per heavy atom. The predicted octanol–water partition coefficient (Wildman–Crippen LogP) is -0.293. The van der Waals surface area contributed by atoms with E-state index in [1.54, 1.807) is 12.1 Å². The number of esters is 1. The normalized spacial score (nSPS) is 11.0. The van der Waals surface area contributed by atoms with Gasteiger partial charge in [-0.05, 0) is 12.5 Å². The van der Waals surface area contributed by atoms with Crippen molar-refractivity contribution < 1.29 is 28.7 Å². The van der Waals surface area contributed by atoms with E-state index >= 15 is 0 Å². The highest BCUT2D eigenvalue weighted by Gasteiger charge is 2.16. The number of carbonyl (C=O) groups excluding carboxylic acids is 4.